The summed E-state index contributed by atoms with van der Waals surface area (Å²) in [5, 5.41) is 2.85. The summed E-state index contributed by atoms with van der Waals surface area (Å²) in [6.45, 7) is 2.64. The molecule has 1 amide bonds. The molecule has 0 bridgehead atoms. The molecule has 23 heavy (non-hydrogen) atoms. The van der Waals surface area contributed by atoms with Gasteiger partial charge in [0.15, 0.2) is 0 Å². The molecule has 120 valence electrons. The van der Waals surface area contributed by atoms with Gasteiger partial charge in [0.25, 0.3) is 0 Å². The van der Waals surface area contributed by atoms with E-state index in [2.05, 4.69) is 12.2 Å². The minimum atomic E-state index is -0.159. The molecule has 0 aliphatic heterocycles. The first kappa shape index (κ1) is 15.4. The number of benzene rings is 1. The van der Waals surface area contributed by atoms with Crippen molar-refractivity contribution in [2.45, 2.75) is 25.8 Å². The highest BCUT2D eigenvalue weighted by atomic mass is 16.5. The van der Waals surface area contributed by atoms with Crippen molar-refractivity contribution in [2.24, 2.45) is 5.92 Å². The Bertz CT molecular complexity index is 717. The predicted octanol–water partition coefficient (Wildman–Crippen LogP) is 3.74. The number of nitrogens with one attached hydrogen (secondary N) is 1. The molecule has 0 saturated heterocycles. The monoisotopic (exact) mass is 311 g/mol. The SMILES string of the molecule is COc1ccccc1CNC(=O)/C=C/c1ccc([C@H]2C[C@@H]2C)o1. The first-order chi connectivity index (χ1) is 11.2. The zero-order valence-corrected chi connectivity index (χ0v) is 13.4. The summed E-state index contributed by atoms with van der Waals surface area (Å²) >= 11 is 0. The van der Waals surface area contributed by atoms with Gasteiger partial charge in [-0.3, -0.25) is 4.79 Å². The van der Waals surface area contributed by atoms with Crippen LogP contribution in [0.2, 0.25) is 0 Å². The van der Waals surface area contributed by atoms with Crippen LogP contribution in [0.5, 0.6) is 5.75 Å². The van der Waals surface area contributed by atoms with E-state index in [9.17, 15) is 4.79 Å². The van der Waals surface area contributed by atoms with E-state index in [1.807, 2.05) is 36.4 Å². The summed E-state index contributed by atoms with van der Waals surface area (Å²) in [6.07, 6.45) is 4.39. The largest absolute Gasteiger partial charge is 0.496 e. The van der Waals surface area contributed by atoms with E-state index < -0.39 is 0 Å². The van der Waals surface area contributed by atoms with Crippen LogP contribution in [0, 0.1) is 5.92 Å². The number of furan rings is 1. The van der Waals surface area contributed by atoms with Crippen molar-refractivity contribution in [1.82, 2.24) is 5.32 Å². The van der Waals surface area contributed by atoms with Gasteiger partial charge < -0.3 is 14.5 Å². The minimum absolute atomic E-state index is 0.159. The van der Waals surface area contributed by atoms with Crippen LogP contribution in [0.1, 0.15) is 36.3 Å². The molecule has 1 aromatic heterocycles. The van der Waals surface area contributed by atoms with Crippen LogP contribution < -0.4 is 10.1 Å². The van der Waals surface area contributed by atoms with Crippen LogP contribution >= 0.6 is 0 Å². The van der Waals surface area contributed by atoms with Gasteiger partial charge in [0, 0.05) is 24.1 Å². The van der Waals surface area contributed by atoms with Gasteiger partial charge in [-0.2, -0.15) is 0 Å². The highest BCUT2D eigenvalue weighted by Gasteiger charge is 2.36. The summed E-state index contributed by atoms with van der Waals surface area (Å²) in [5.74, 6) is 3.61. The third kappa shape index (κ3) is 3.83. The molecule has 3 rings (SSSR count). The molecule has 1 fully saturated rings. The zero-order chi connectivity index (χ0) is 16.2. The van der Waals surface area contributed by atoms with Crippen LogP contribution in [-0.2, 0) is 11.3 Å². The summed E-state index contributed by atoms with van der Waals surface area (Å²) in [7, 11) is 1.62. The fourth-order valence-corrected chi connectivity index (χ4v) is 2.62. The molecule has 1 aromatic carbocycles. The Labute approximate surface area is 136 Å². The number of rotatable bonds is 6. The lowest BCUT2D eigenvalue weighted by Crippen LogP contribution is -2.20. The Hall–Kier alpha value is -2.49. The summed E-state index contributed by atoms with van der Waals surface area (Å²) in [6, 6.07) is 11.5. The van der Waals surface area contributed by atoms with Gasteiger partial charge in [-0.1, -0.05) is 25.1 Å². The maximum Gasteiger partial charge on any atom is 0.244 e. The van der Waals surface area contributed by atoms with E-state index in [4.69, 9.17) is 9.15 Å². The lowest BCUT2D eigenvalue weighted by atomic mass is 10.2. The summed E-state index contributed by atoms with van der Waals surface area (Å²) < 4.78 is 11.0. The number of para-hydroxylation sites is 1. The predicted molar refractivity (Wildman–Crippen MR) is 89.1 cm³/mol. The van der Waals surface area contributed by atoms with Crippen LogP contribution in [-0.4, -0.2) is 13.0 Å². The number of carbonyl (C=O) groups is 1. The average Bonchev–Trinajstić information content (AvgIpc) is 3.11. The molecular formula is C19H21NO3. The Morgan fingerprint density at radius 2 is 2.13 bits per heavy atom. The highest BCUT2D eigenvalue weighted by molar-refractivity contribution is 5.91. The molecule has 1 aliphatic carbocycles. The number of carbonyl (C=O) groups excluding carboxylic acids is 1. The zero-order valence-electron chi connectivity index (χ0n) is 13.4. The first-order valence-electron chi connectivity index (χ1n) is 7.85. The van der Waals surface area contributed by atoms with Gasteiger partial charge in [-0.25, -0.2) is 0 Å². The highest BCUT2D eigenvalue weighted by Crippen LogP contribution is 2.47. The molecule has 4 nitrogen and oxygen atoms in total. The van der Waals surface area contributed by atoms with Crippen molar-refractivity contribution < 1.29 is 13.9 Å². The van der Waals surface area contributed by atoms with Crippen molar-refractivity contribution in [3.63, 3.8) is 0 Å². The molecule has 1 aliphatic rings. The van der Waals surface area contributed by atoms with Crippen molar-refractivity contribution in [3.8, 4) is 5.75 Å². The van der Waals surface area contributed by atoms with E-state index in [1.54, 1.807) is 13.2 Å². The van der Waals surface area contributed by atoms with Gasteiger partial charge in [0.1, 0.15) is 17.3 Å². The van der Waals surface area contributed by atoms with Crippen molar-refractivity contribution in [3.05, 3.63) is 59.6 Å². The second-order valence-electron chi connectivity index (χ2n) is 5.92. The molecular weight excluding hydrogens is 290 g/mol. The number of hydrogen-bond donors (Lipinski definition) is 1. The first-order valence-corrected chi connectivity index (χ1v) is 7.85. The normalized spacial score (nSPS) is 19.7. The topological polar surface area (TPSA) is 51.5 Å². The fourth-order valence-electron chi connectivity index (χ4n) is 2.62. The quantitative estimate of drug-likeness (QED) is 0.827. The lowest BCUT2D eigenvalue weighted by molar-refractivity contribution is -0.116. The smallest absolute Gasteiger partial charge is 0.244 e. The van der Waals surface area contributed by atoms with Crippen LogP contribution in [0.25, 0.3) is 6.08 Å². The second-order valence-corrected chi connectivity index (χ2v) is 5.92. The fraction of sp³-hybridized carbons (Fsp3) is 0.316. The Kier molecular flexibility index (Phi) is 4.51. The van der Waals surface area contributed by atoms with Crippen LogP contribution in [0.15, 0.2) is 46.9 Å². The van der Waals surface area contributed by atoms with E-state index >= 15 is 0 Å². The van der Waals surface area contributed by atoms with Crippen molar-refractivity contribution >= 4 is 12.0 Å². The van der Waals surface area contributed by atoms with Gasteiger partial charge in [-0.15, -0.1) is 0 Å². The molecule has 2 aromatic rings. The molecule has 0 spiro atoms. The van der Waals surface area contributed by atoms with Gasteiger partial charge in [0.05, 0.1) is 7.11 Å². The average molecular weight is 311 g/mol. The maximum atomic E-state index is 11.9. The Balaban J connectivity index is 1.53. The van der Waals surface area contributed by atoms with E-state index in [-0.39, 0.29) is 5.91 Å². The van der Waals surface area contributed by atoms with Crippen molar-refractivity contribution in [2.75, 3.05) is 7.11 Å². The van der Waals surface area contributed by atoms with E-state index in [1.165, 1.54) is 12.5 Å². The standard InChI is InChI=1S/C19H21NO3/c1-13-11-16(13)18-9-7-15(23-18)8-10-19(21)20-12-14-5-3-4-6-17(14)22-2/h3-10,13,16H,11-12H2,1-2H3,(H,20,21)/b10-8+/t13-,16-/m0/s1. The van der Waals surface area contributed by atoms with Crippen molar-refractivity contribution in [1.29, 1.82) is 0 Å². The minimum Gasteiger partial charge on any atom is -0.496 e. The van der Waals surface area contributed by atoms with E-state index in [0.29, 0.717) is 24.1 Å². The molecule has 2 atom stereocenters. The van der Waals surface area contributed by atoms with Crippen LogP contribution in [0.4, 0.5) is 0 Å². The Morgan fingerprint density at radius 3 is 2.87 bits per heavy atom. The molecule has 0 unspecified atom stereocenters. The number of amides is 1. The number of hydrogen-bond acceptors (Lipinski definition) is 3. The van der Waals surface area contributed by atoms with E-state index in [0.717, 1.165) is 17.1 Å². The lowest BCUT2D eigenvalue weighted by Gasteiger charge is -2.08. The summed E-state index contributed by atoms with van der Waals surface area (Å²) in [5.41, 5.74) is 0.944. The second kappa shape index (κ2) is 6.73. The van der Waals surface area contributed by atoms with Gasteiger partial charge in [-0.05, 0) is 36.6 Å². The number of methoxy groups -OCH3 is 1. The van der Waals surface area contributed by atoms with Gasteiger partial charge >= 0.3 is 0 Å². The summed E-state index contributed by atoms with van der Waals surface area (Å²) in [4.78, 5) is 11.9. The molecule has 1 saturated carbocycles. The van der Waals surface area contributed by atoms with Crippen LogP contribution in [0.3, 0.4) is 0 Å². The van der Waals surface area contributed by atoms with Gasteiger partial charge in [0.2, 0.25) is 5.91 Å². The molecule has 4 heteroatoms. The third-order valence-corrected chi connectivity index (χ3v) is 4.17. The number of ether oxygens (including phenoxy) is 1. The molecule has 1 N–H and O–H groups in total. The molecule has 1 heterocycles. The molecule has 0 radical (unpaired) electrons. The maximum absolute atomic E-state index is 11.9. The third-order valence-electron chi connectivity index (χ3n) is 4.17. The Morgan fingerprint density at radius 1 is 1.35 bits per heavy atom.